The summed E-state index contributed by atoms with van der Waals surface area (Å²) in [6, 6.07) is 17.1. The first-order valence-electron chi connectivity index (χ1n) is 9.30. The van der Waals surface area contributed by atoms with E-state index in [1.54, 1.807) is 24.3 Å². The molecule has 3 rings (SSSR count). The summed E-state index contributed by atoms with van der Waals surface area (Å²) >= 11 is 5.82. The van der Waals surface area contributed by atoms with Crippen molar-refractivity contribution in [1.29, 1.82) is 0 Å². The van der Waals surface area contributed by atoms with E-state index < -0.39 is 10.8 Å². The molecule has 9 nitrogen and oxygen atoms in total. The maximum atomic E-state index is 12.4. The van der Waals surface area contributed by atoms with Crippen molar-refractivity contribution in [2.45, 2.75) is 0 Å². The zero-order valence-corrected chi connectivity index (χ0v) is 17.6. The van der Waals surface area contributed by atoms with E-state index in [0.717, 1.165) is 0 Å². The van der Waals surface area contributed by atoms with Crippen LogP contribution in [0.2, 0.25) is 5.02 Å². The van der Waals surface area contributed by atoms with Gasteiger partial charge >= 0.3 is 5.69 Å². The average molecular weight is 456 g/mol. The fourth-order valence-electron chi connectivity index (χ4n) is 2.72. The lowest BCUT2D eigenvalue weighted by Gasteiger charge is -2.12. The Hall–Kier alpha value is -4.11. The van der Waals surface area contributed by atoms with E-state index in [1.807, 2.05) is 6.07 Å². The molecule has 3 aromatic rings. The first-order valence-corrected chi connectivity index (χ1v) is 9.68. The third-order valence-electron chi connectivity index (χ3n) is 4.23. The van der Waals surface area contributed by atoms with Gasteiger partial charge in [-0.2, -0.15) is 0 Å². The number of nitrogens with zero attached hydrogens (tertiary/aromatic N) is 1. The molecule has 0 saturated heterocycles. The van der Waals surface area contributed by atoms with Gasteiger partial charge in [0, 0.05) is 22.3 Å². The Labute approximate surface area is 188 Å². The van der Waals surface area contributed by atoms with Crippen molar-refractivity contribution in [1.82, 2.24) is 5.32 Å². The lowest BCUT2D eigenvalue weighted by Crippen LogP contribution is -2.32. The lowest BCUT2D eigenvalue weighted by atomic mass is 10.2. The number of nitro groups is 1. The topological polar surface area (TPSA) is 120 Å². The number of rotatable bonds is 8. The minimum absolute atomic E-state index is 0.0347. The molecule has 10 heteroatoms. The Balaban J connectivity index is 1.69. The number of para-hydroxylation sites is 1. The Morgan fingerprint density at radius 3 is 2.41 bits per heavy atom. The van der Waals surface area contributed by atoms with Gasteiger partial charge in [-0.1, -0.05) is 29.8 Å². The molecule has 0 aliphatic carbocycles. The normalized spacial score (nSPS) is 10.2. The van der Waals surface area contributed by atoms with Gasteiger partial charge in [-0.3, -0.25) is 19.7 Å². The quantitative estimate of drug-likeness (QED) is 0.383. The van der Waals surface area contributed by atoms with Gasteiger partial charge < -0.3 is 20.1 Å². The lowest BCUT2D eigenvalue weighted by molar-refractivity contribution is -0.385. The molecule has 0 saturated carbocycles. The standard InChI is InChI=1S/C22H18ClN3O6/c1-31-20-11-14(22(28)24-13-21(27)25-16-5-3-2-4-6-16)7-9-19(20)32-18-10-8-15(23)12-17(18)26(29)30/h2-12H,13H2,1H3,(H,24,28)(H,25,27). The van der Waals surface area contributed by atoms with Crippen molar-refractivity contribution in [3.8, 4) is 17.2 Å². The maximum Gasteiger partial charge on any atom is 0.313 e. The third kappa shape index (κ3) is 5.73. The van der Waals surface area contributed by atoms with Crippen molar-refractivity contribution >= 4 is 34.8 Å². The van der Waals surface area contributed by atoms with Crippen LogP contribution in [0.25, 0.3) is 0 Å². The summed E-state index contributed by atoms with van der Waals surface area (Å²) in [5.74, 6) is -0.582. The zero-order valence-electron chi connectivity index (χ0n) is 16.8. The Bertz CT molecular complexity index is 1150. The Kier molecular flexibility index (Phi) is 7.25. The number of nitro benzene ring substituents is 1. The van der Waals surface area contributed by atoms with Gasteiger partial charge in [0.2, 0.25) is 11.7 Å². The number of carbonyl (C=O) groups excluding carboxylic acids is 2. The van der Waals surface area contributed by atoms with Gasteiger partial charge in [0.25, 0.3) is 5.91 Å². The van der Waals surface area contributed by atoms with Crippen molar-refractivity contribution in [3.63, 3.8) is 0 Å². The number of hydrogen-bond donors (Lipinski definition) is 2. The summed E-state index contributed by atoms with van der Waals surface area (Å²) in [6.07, 6.45) is 0. The first kappa shape index (κ1) is 22.6. The van der Waals surface area contributed by atoms with Crippen molar-refractivity contribution < 1.29 is 24.0 Å². The number of anilines is 1. The summed E-state index contributed by atoms with van der Waals surface area (Å²) in [5, 5.41) is 16.6. The van der Waals surface area contributed by atoms with Crippen LogP contribution in [0.3, 0.4) is 0 Å². The molecule has 0 atom stereocenters. The SMILES string of the molecule is COc1cc(C(=O)NCC(=O)Nc2ccccc2)ccc1Oc1ccc(Cl)cc1[N+](=O)[O-]. The molecule has 0 radical (unpaired) electrons. The number of nitrogens with one attached hydrogen (secondary N) is 2. The van der Waals surface area contributed by atoms with Crippen LogP contribution in [-0.4, -0.2) is 30.4 Å². The Morgan fingerprint density at radius 2 is 1.72 bits per heavy atom. The van der Waals surface area contributed by atoms with Crippen molar-refractivity contribution in [2.75, 3.05) is 19.0 Å². The second-order valence-corrected chi connectivity index (χ2v) is 6.87. The van der Waals surface area contributed by atoms with E-state index in [1.165, 1.54) is 43.5 Å². The number of halogens is 1. The molecule has 0 unspecified atom stereocenters. The summed E-state index contributed by atoms with van der Waals surface area (Å²) in [6.45, 7) is -0.231. The number of benzene rings is 3. The fraction of sp³-hybridized carbons (Fsp3) is 0.0909. The number of hydrogen-bond acceptors (Lipinski definition) is 6. The van der Waals surface area contributed by atoms with Gasteiger partial charge in [0.05, 0.1) is 18.6 Å². The minimum atomic E-state index is -0.615. The van der Waals surface area contributed by atoms with Gasteiger partial charge in [-0.15, -0.1) is 0 Å². The highest BCUT2D eigenvalue weighted by Crippen LogP contribution is 2.37. The highest BCUT2D eigenvalue weighted by atomic mass is 35.5. The summed E-state index contributed by atoms with van der Waals surface area (Å²) in [4.78, 5) is 35.1. The van der Waals surface area contributed by atoms with E-state index in [9.17, 15) is 19.7 Å². The number of amides is 2. The van der Waals surface area contributed by atoms with E-state index >= 15 is 0 Å². The van der Waals surface area contributed by atoms with Crippen LogP contribution in [-0.2, 0) is 4.79 Å². The molecule has 2 N–H and O–H groups in total. The summed E-state index contributed by atoms with van der Waals surface area (Å²) < 4.78 is 10.9. The number of methoxy groups -OCH3 is 1. The van der Waals surface area contributed by atoms with Gasteiger partial charge in [0.15, 0.2) is 11.5 Å². The summed E-state index contributed by atoms with van der Waals surface area (Å²) in [5.41, 5.74) is 0.518. The molecule has 32 heavy (non-hydrogen) atoms. The number of ether oxygens (including phenoxy) is 2. The van der Waals surface area contributed by atoms with Crippen LogP contribution in [0.15, 0.2) is 66.7 Å². The smallest absolute Gasteiger partial charge is 0.313 e. The minimum Gasteiger partial charge on any atom is -0.493 e. The molecule has 0 fully saturated rings. The van der Waals surface area contributed by atoms with E-state index in [2.05, 4.69) is 10.6 Å². The average Bonchev–Trinajstić information content (AvgIpc) is 2.79. The Morgan fingerprint density at radius 1 is 1.00 bits per heavy atom. The molecule has 164 valence electrons. The van der Waals surface area contributed by atoms with Crippen LogP contribution >= 0.6 is 11.6 Å². The van der Waals surface area contributed by atoms with E-state index in [0.29, 0.717) is 5.69 Å². The molecule has 0 spiro atoms. The highest BCUT2D eigenvalue weighted by Gasteiger charge is 2.19. The predicted molar refractivity (Wildman–Crippen MR) is 119 cm³/mol. The monoisotopic (exact) mass is 455 g/mol. The number of carbonyl (C=O) groups is 2. The van der Waals surface area contributed by atoms with Crippen LogP contribution < -0.4 is 20.1 Å². The first-order chi connectivity index (χ1) is 15.4. The molecule has 0 aliphatic heterocycles. The molecule has 0 aromatic heterocycles. The maximum absolute atomic E-state index is 12.4. The van der Waals surface area contributed by atoms with Crippen LogP contribution in [0.5, 0.6) is 17.2 Å². The molecule has 2 amide bonds. The van der Waals surface area contributed by atoms with Gasteiger partial charge in [-0.25, -0.2) is 0 Å². The molecular weight excluding hydrogens is 438 g/mol. The van der Waals surface area contributed by atoms with Crippen LogP contribution in [0.1, 0.15) is 10.4 Å². The van der Waals surface area contributed by atoms with Crippen LogP contribution in [0.4, 0.5) is 11.4 Å². The largest absolute Gasteiger partial charge is 0.493 e. The van der Waals surface area contributed by atoms with E-state index in [-0.39, 0.29) is 46.0 Å². The van der Waals surface area contributed by atoms with Crippen molar-refractivity contribution in [3.05, 3.63) is 87.4 Å². The summed E-state index contributed by atoms with van der Waals surface area (Å²) in [7, 11) is 1.37. The van der Waals surface area contributed by atoms with Crippen molar-refractivity contribution in [2.24, 2.45) is 0 Å². The molecule has 0 aliphatic rings. The predicted octanol–water partition coefficient (Wildman–Crippen LogP) is 4.42. The second-order valence-electron chi connectivity index (χ2n) is 6.43. The molecule has 0 heterocycles. The van der Waals surface area contributed by atoms with Crippen LogP contribution in [0, 0.1) is 10.1 Å². The highest BCUT2D eigenvalue weighted by molar-refractivity contribution is 6.30. The van der Waals surface area contributed by atoms with Gasteiger partial charge in [-0.05, 0) is 42.5 Å². The molecule has 3 aromatic carbocycles. The molecular formula is C22H18ClN3O6. The molecule has 0 bridgehead atoms. The third-order valence-corrected chi connectivity index (χ3v) is 4.47. The fourth-order valence-corrected chi connectivity index (χ4v) is 2.89. The second kappa shape index (κ2) is 10.3. The van der Waals surface area contributed by atoms with E-state index in [4.69, 9.17) is 21.1 Å². The zero-order chi connectivity index (χ0) is 23.1. The van der Waals surface area contributed by atoms with Gasteiger partial charge in [0.1, 0.15) is 0 Å².